The number of hydrogen-bond donors (Lipinski definition) is 1. The Morgan fingerprint density at radius 2 is 1.55 bits per heavy atom. The lowest BCUT2D eigenvalue weighted by Crippen LogP contribution is -1.97. The van der Waals surface area contributed by atoms with Crippen LogP contribution in [0.5, 0.6) is 0 Å². The average Bonchev–Trinajstić information content (AvgIpc) is 3.19. The van der Waals surface area contributed by atoms with E-state index in [2.05, 4.69) is 4.98 Å². The van der Waals surface area contributed by atoms with Crippen molar-refractivity contribution in [3.8, 4) is 28.2 Å². The molecular formula is C23H20N2O3S. The molecule has 0 bridgehead atoms. The molecular weight excluding hydrogens is 384 g/mol. The average molecular weight is 404 g/mol. The van der Waals surface area contributed by atoms with Gasteiger partial charge in [-0.25, -0.2) is 13.4 Å². The van der Waals surface area contributed by atoms with Crippen molar-refractivity contribution in [2.24, 2.45) is 0 Å². The van der Waals surface area contributed by atoms with Gasteiger partial charge in [0.1, 0.15) is 5.82 Å². The number of rotatable bonds is 5. The molecule has 0 unspecified atom stereocenters. The van der Waals surface area contributed by atoms with Gasteiger partial charge in [0, 0.05) is 23.7 Å². The predicted molar refractivity (Wildman–Crippen MR) is 113 cm³/mol. The van der Waals surface area contributed by atoms with Gasteiger partial charge in [0.2, 0.25) is 0 Å². The molecule has 3 aromatic carbocycles. The van der Waals surface area contributed by atoms with Crippen LogP contribution in [-0.2, 0) is 16.4 Å². The Kier molecular flexibility index (Phi) is 5.05. The lowest BCUT2D eigenvalue weighted by molar-refractivity contribution is 0.277. The minimum absolute atomic E-state index is 0.136. The van der Waals surface area contributed by atoms with Crippen LogP contribution in [0.1, 0.15) is 5.69 Å². The van der Waals surface area contributed by atoms with Gasteiger partial charge < -0.3 is 5.11 Å². The van der Waals surface area contributed by atoms with Crippen LogP contribution in [-0.4, -0.2) is 29.3 Å². The van der Waals surface area contributed by atoms with Crippen molar-refractivity contribution in [3.05, 3.63) is 90.8 Å². The monoisotopic (exact) mass is 404 g/mol. The molecule has 0 aliphatic carbocycles. The van der Waals surface area contributed by atoms with E-state index in [4.69, 9.17) is 0 Å². The Morgan fingerprint density at radius 3 is 2.21 bits per heavy atom. The summed E-state index contributed by atoms with van der Waals surface area (Å²) in [7, 11) is -3.26. The van der Waals surface area contributed by atoms with Gasteiger partial charge in [-0.1, -0.05) is 54.6 Å². The molecule has 1 N–H and O–H groups in total. The van der Waals surface area contributed by atoms with Crippen LogP contribution in [0.4, 0.5) is 0 Å². The maximum absolute atomic E-state index is 11.8. The van der Waals surface area contributed by atoms with Crippen LogP contribution in [0.3, 0.4) is 0 Å². The summed E-state index contributed by atoms with van der Waals surface area (Å²) in [6.07, 6.45) is 3.03. The minimum atomic E-state index is -3.26. The molecule has 0 fully saturated rings. The zero-order chi connectivity index (χ0) is 20.4. The zero-order valence-corrected chi connectivity index (χ0v) is 16.7. The number of imidazole rings is 1. The molecule has 1 heterocycles. The Morgan fingerprint density at radius 1 is 0.862 bits per heavy atom. The fraction of sp³-hybridized carbons (Fsp3) is 0.0870. The molecule has 0 atom stereocenters. The summed E-state index contributed by atoms with van der Waals surface area (Å²) in [6.45, 7) is -0.136. The van der Waals surface area contributed by atoms with Crippen LogP contribution in [0.15, 0.2) is 90.0 Å². The molecule has 29 heavy (non-hydrogen) atoms. The highest BCUT2D eigenvalue weighted by Crippen LogP contribution is 2.27. The number of nitrogens with zero attached hydrogens (tertiary/aromatic N) is 2. The summed E-state index contributed by atoms with van der Waals surface area (Å²) in [4.78, 5) is 4.84. The van der Waals surface area contributed by atoms with E-state index in [-0.39, 0.29) is 6.61 Å². The van der Waals surface area contributed by atoms with Crippen molar-refractivity contribution in [1.82, 2.24) is 9.55 Å². The van der Waals surface area contributed by atoms with Gasteiger partial charge in [-0.3, -0.25) is 4.57 Å². The second kappa shape index (κ2) is 7.66. The molecule has 0 aliphatic rings. The smallest absolute Gasteiger partial charge is 0.175 e. The third-order valence-corrected chi connectivity index (χ3v) is 5.80. The fourth-order valence-corrected chi connectivity index (χ4v) is 3.88. The van der Waals surface area contributed by atoms with Crippen LogP contribution >= 0.6 is 0 Å². The molecule has 4 aromatic rings. The Hall–Kier alpha value is -3.22. The molecule has 1 aromatic heterocycles. The largest absolute Gasteiger partial charge is 0.390 e. The normalized spacial score (nSPS) is 11.5. The highest BCUT2D eigenvalue weighted by atomic mass is 32.2. The SMILES string of the molecule is CS(=O)(=O)c1cccc(-c2ccc(-n3cc(CO)nc3-c3ccccc3)cc2)c1. The molecule has 0 amide bonds. The van der Waals surface area contributed by atoms with Crippen LogP contribution in [0, 0.1) is 0 Å². The Bertz CT molecular complexity index is 1250. The Labute approximate surface area is 169 Å². The van der Waals surface area contributed by atoms with E-state index in [0.29, 0.717) is 10.6 Å². The van der Waals surface area contributed by atoms with E-state index < -0.39 is 9.84 Å². The quantitative estimate of drug-likeness (QED) is 0.544. The third kappa shape index (κ3) is 3.99. The summed E-state index contributed by atoms with van der Waals surface area (Å²) in [5.74, 6) is 0.751. The Balaban J connectivity index is 1.74. The van der Waals surface area contributed by atoms with Crippen molar-refractivity contribution in [2.45, 2.75) is 11.5 Å². The van der Waals surface area contributed by atoms with Gasteiger partial charge in [-0.05, 0) is 35.4 Å². The molecule has 4 rings (SSSR count). The summed E-state index contributed by atoms with van der Waals surface area (Å²) < 4.78 is 25.6. The first-order valence-electron chi connectivity index (χ1n) is 9.11. The lowest BCUT2D eigenvalue weighted by atomic mass is 10.1. The zero-order valence-electron chi connectivity index (χ0n) is 15.9. The number of aliphatic hydroxyl groups excluding tert-OH is 1. The minimum Gasteiger partial charge on any atom is -0.390 e. The number of hydrogen-bond acceptors (Lipinski definition) is 4. The second-order valence-electron chi connectivity index (χ2n) is 6.80. The van der Waals surface area contributed by atoms with Crippen molar-refractivity contribution < 1.29 is 13.5 Å². The van der Waals surface area contributed by atoms with E-state index in [1.54, 1.807) is 18.2 Å². The number of aromatic nitrogens is 2. The number of aliphatic hydroxyl groups is 1. The van der Waals surface area contributed by atoms with Gasteiger partial charge in [-0.15, -0.1) is 0 Å². The molecule has 0 aliphatic heterocycles. The van der Waals surface area contributed by atoms with E-state index in [9.17, 15) is 13.5 Å². The van der Waals surface area contributed by atoms with E-state index in [1.807, 2.05) is 71.4 Å². The fourth-order valence-electron chi connectivity index (χ4n) is 3.21. The van der Waals surface area contributed by atoms with Gasteiger partial charge in [0.25, 0.3) is 0 Å². The molecule has 0 saturated carbocycles. The van der Waals surface area contributed by atoms with Crippen LogP contribution in [0.2, 0.25) is 0 Å². The molecule has 6 heteroatoms. The van der Waals surface area contributed by atoms with E-state index in [1.165, 1.54) is 6.26 Å². The van der Waals surface area contributed by atoms with E-state index >= 15 is 0 Å². The lowest BCUT2D eigenvalue weighted by Gasteiger charge is -2.10. The standard InChI is InChI=1S/C23H20N2O3S/c1-29(27,28)22-9-5-8-19(14-22)17-10-12-21(13-11-17)25-15-20(16-26)24-23(25)18-6-3-2-4-7-18/h2-15,26H,16H2,1H3. The first kappa shape index (κ1) is 19.1. The maximum atomic E-state index is 11.8. The molecule has 0 radical (unpaired) electrons. The van der Waals surface area contributed by atoms with Crippen LogP contribution in [0.25, 0.3) is 28.2 Å². The van der Waals surface area contributed by atoms with Crippen molar-refractivity contribution >= 4 is 9.84 Å². The van der Waals surface area contributed by atoms with Crippen LogP contribution < -0.4 is 0 Å². The van der Waals surface area contributed by atoms with Gasteiger partial charge in [0.15, 0.2) is 9.84 Å². The van der Waals surface area contributed by atoms with Crippen molar-refractivity contribution in [3.63, 3.8) is 0 Å². The van der Waals surface area contributed by atoms with Crippen molar-refractivity contribution in [2.75, 3.05) is 6.26 Å². The molecule has 5 nitrogen and oxygen atoms in total. The predicted octanol–water partition coefficient (Wildman–Crippen LogP) is 4.10. The van der Waals surface area contributed by atoms with Gasteiger partial charge in [-0.2, -0.15) is 0 Å². The first-order chi connectivity index (χ1) is 14.0. The third-order valence-electron chi connectivity index (χ3n) is 4.69. The van der Waals surface area contributed by atoms with Gasteiger partial charge in [0.05, 0.1) is 17.2 Å². The summed E-state index contributed by atoms with van der Waals surface area (Å²) in [5, 5.41) is 9.53. The number of sulfone groups is 1. The molecule has 0 spiro atoms. The summed E-state index contributed by atoms with van der Waals surface area (Å²) >= 11 is 0. The topological polar surface area (TPSA) is 72.2 Å². The summed E-state index contributed by atoms with van der Waals surface area (Å²) in [5.41, 5.74) is 4.21. The summed E-state index contributed by atoms with van der Waals surface area (Å²) in [6, 6.07) is 24.5. The number of benzene rings is 3. The molecule has 0 saturated heterocycles. The first-order valence-corrected chi connectivity index (χ1v) is 11.0. The second-order valence-corrected chi connectivity index (χ2v) is 8.81. The highest BCUT2D eigenvalue weighted by molar-refractivity contribution is 7.90. The van der Waals surface area contributed by atoms with Gasteiger partial charge >= 0.3 is 0 Å². The van der Waals surface area contributed by atoms with Crippen molar-refractivity contribution in [1.29, 1.82) is 0 Å². The maximum Gasteiger partial charge on any atom is 0.175 e. The highest BCUT2D eigenvalue weighted by Gasteiger charge is 2.12. The molecule has 146 valence electrons. The van der Waals surface area contributed by atoms with E-state index in [0.717, 1.165) is 28.2 Å².